The van der Waals surface area contributed by atoms with Crippen LogP contribution in [-0.2, 0) is 14.3 Å². The first kappa shape index (κ1) is 70.1. The molecule has 0 aromatic heterocycles. The van der Waals surface area contributed by atoms with E-state index in [0.29, 0.717) is 19.4 Å². The fraction of sp³-hybridized carbons (Fsp3) is 0.879. The van der Waals surface area contributed by atoms with Crippen LogP contribution < -0.4 is 5.32 Å². The molecule has 1 amide bonds. The molecule has 0 aliphatic carbocycles. The maximum Gasteiger partial charge on any atom is 0.305 e. The Kier molecular flexibility index (Phi) is 60.0. The number of aliphatic hydroxyl groups is 2. The highest BCUT2D eigenvalue weighted by molar-refractivity contribution is 5.76. The van der Waals surface area contributed by atoms with E-state index in [1.54, 1.807) is 6.08 Å². The fourth-order valence-corrected chi connectivity index (χ4v) is 9.96. The summed E-state index contributed by atoms with van der Waals surface area (Å²) in [6.45, 7) is 4.92. The van der Waals surface area contributed by atoms with Gasteiger partial charge in [-0.05, 0) is 64.2 Å². The highest BCUT2D eigenvalue weighted by Crippen LogP contribution is 2.17. The van der Waals surface area contributed by atoms with Gasteiger partial charge in [0.05, 0.1) is 25.4 Å². The number of aliphatic hydroxyl groups excluding tert-OH is 2. The molecular weight excluding hydrogens is 887 g/mol. The van der Waals surface area contributed by atoms with Crippen molar-refractivity contribution in [1.29, 1.82) is 0 Å². The lowest BCUT2D eigenvalue weighted by Crippen LogP contribution is -2.45. The molecule has 0 aromatic carbocycles. The molecule has 0 aliphatic heterocycles. The lowest BCUT2D eigenvalue weighted by Gasteiger charge is -2.20. The van der Waals surface area contributed by atoms with Gasteiger partial charge < -0.3 is 20.3 Å². The Bertz CT molecular complexity index is 1170. The minimum Gasteiger partial charge on any atom is -0.466 e. The third-order valence-corrected chi connectivity index (χ3v) is 14.9. The van der Waals surface area contributed by atoms with Crippen molar-refractivity contribution in [2.24, 2.45) is 0 Å². The number of amides is 1. The number of allylic oxidation sites excluding steroid dienone is 5. The number of carbonyl (C=O) groups excluding carboxylic acids is 2. The summed E-state index contributed by atoms with van der Waals surface area (Å²) in [5.74, 6) is -0.0633. The molecule has 2 atom stereocenters. The maximum absolute atomic E-state index is 12.5. The predicted molar refractivity (Wildman–Crippen MR) is 315 cm³/mol. The largest absolute Gasteiger partial charge is 0.466 e. The van der Waals surface area contributed by atoms with Gasteiger partial charge in [-0.2, -0.15) is 0 Å². The molecule has 0 aliphatic rings. The van der Waals surface area contributed by atoms with Crippen LogP contribution in [0.5, 0.6) is 0 Å². The number of ether oxygens (including phenoxy) is 1. The number of unbranched alkanes of at least 4 members (excludes halogenated alkanes) is 45. The van der Waals surface area contributed by atoms with Gasteiger partial charge in [0.25, 0.3) is 0 Å². The van der Waals surface area contributed by atoms with Crippen LogP contribution in [-0.4, -0.2) is 47.4 Å². The average Bonchev–Trinajstić information content (AvgIpc) is 3.38. The van der Waals surface area contributed by atoms with Crippen molar-refractivity contribution in [3.8, 4) is 0 Å². The molecule has 3 N–H and O–H groups in total. The number of esters is 1. The molecule has 6 heteroatoms. The number of hydrogen-bond acceptors (Lipinski definition) is 5. The third-order valence-electron chi connectivity index (χ3n) is 14.9. The summed E-state index contributed by atoms with van der Waals surface area (Å²) < 4.78 is 5.46. The zero-order valence-corrected chi connectivity index (χ0v) is 48.4. The van der Waals surface area contributed by atoms with Crippen molar-refractivity contribution in [2.45, 2.75) is 360 Å². The monoisotopic (exact) mass is 1010 g/mol. The molecule has 0 saturated heterocycles. The Morgan fingerprint density at radius 2 is 0.694 bits per heavy atom. The molecule has 0 heterocycles. The first-order chi connectivity index (χ1) is 35.5. The fourth-order valence-electron chi connectivity index (χ4n) is 9.96. The summed E-state index contributed by atoms with van der Waals surface area (Å²) in [6.07, 6.45) is 77.6. The molecule has 2 unspecified atom stereocenters. The van der Waals surface area contributed by atoms with Crippen LogP contribution in [0.15, 0.2) is 36.5 Å². The highest BCUT2D eigenvalue weighted by Gasteiger charge is 2.18. The van der Waals surface area contributed by atoms with E-state index in [4.69, 9.17) is 4.74 Å². The molecule has 6 nitrogen and oxygen atoms in total. The Balaban J connectivity index is 3.47. The van der Waals surface area contributed by atoms with Crippen LogP contribution >= 0.6 is 0 Å². The van der Waals surface area contributed by atoms with Gasteiger partial charge in [0, 0.05) is 12.8 Å². The molecule has 0 aromatic rings. The van der Waals surface area contributed by atoms with Crippen molar-refractivity contribution in [1.82, 2.24) is 5.32 Å². The lowest BCUT2D eigenvalue weighted by atomic mass is 10.0. The first-order valence-corrected chi connectivity index (χ1v) is 32.3. The maximum atomic E-state index is 12.5. The van der Waals surface area contributed by atoms with Gasteiger partial charge in [0.1, 0.15) is 0 Å². The van der Waals surface area contributed by atoms with E-state index in [0.717, 1.165) is 44.9 Å². The molecule has 72 heavy (non-hydrogen) atoms. The van der Waals surface area contributed by atoms with Gasteiger partial charge in [0.2, 0.25) is 5.91 Å². The van der Waals surface area contributed by atoms with E-state index in [1.807, 2.05) is 6.08 Å². The van der Waals surface area contributed by atoms with E-state index in [2.05, 4.69) is 43.5 Å². The molecular formula is C66H125NO5. The SMILES string of the molecule is CCCCCCCCCCCCCCCCCCC/C=C/C(O)C(CO)NC(=O)CCCCCCCCCCC/C=C\C/C=C\CCCCCCCCCCCOC(=O)CCCCCCCCCCCCC. The average molecular weight is 1010 g/mol. The number of nitrogens with one attached hydrogen (secondary N) is 1. The molecule has 0 rings (SSSR count). The van der Waals surface area contributed by atoms with E-state index in [-0.39, 0.29) is 18.5 Å². The van der Waals surface area contributed by atoms with Crippen molar-refractivity contribution in [3.63, 3.8) is 0 Å². The van der Waals surface area contributed by atoms with Gasteiger partial charge in [-0.25, -0.2) is 0 Å². The quantitative estimate of drug-likeness (QED) is 0.0320. The second kappa shape index (κ2) is 61.6. The minimum atomic E-state index is -0.849. The summed E-state index contributed by atoms with van der Waals surface area (Å²) in [4.78, 5) is 24.5. The van der Waals surface area contributed by atoms with Crippen LogP contribution in [0, 0.1) is 0 Å². The minimum absolute atomic E-state index is 0.00835. The molecule has 424 valence electrons. The Hall–Kier alpha value is -1.92. The van der Waals surface area contributed by atoms with Gasteiger partial charge in [0.15, 0.2) is 0 Å². The van der Waals surface area contributed by atoms with Gasteiger partial charge in [-0.3, -0.25) is 9.59 Å². The molecule has 0 bridgehead atoms. The Labute approximate surface area is 449 Å². The number of rotatable bonds is 60. The summed E-state index contributed by atoms with van der Waals surface area (Å²) in [7, 11) is 0. The summed E-state index contributed by atoms with van der Waals surface area (Å²) in [5.41, 5.74) is 0. The van der Waals surface area contributed by atoms with Crippen LogP contribution in [0.2, 0.25) is 0 Å². The highest BCUT2D eigenvalue weighted by atomic mass is 16.5. The van der Waals surface area contributed by atoms with Crippen molar-refractivity contribution in [3.05, 3.63) is 36.5 Å². The third kappa shape index (κ3) is 57.4. The van der Waals surface area contributed by atoms with Crippen LogP contribution in [0.25, 0.3) is 0 Å². The number of hydrogen-bond donors (Lipinski definition) is 3. The van der Waals surface area contributed by atoms with Crippen LogP contribution in [0.3, 0.4) is 0 Å². The zero-order chi connectivity index (χ0) is 52.2. The van der Waals surface area contributed by atoms with Crippen molar-refractivity contribution < 1.29 is 24.5 Å². The summed E-state index contributed by atoms with van der Waals surface area (Å²) in [6, 6.07) is -0.633. The summed E-state index contributed by atoms with van der Waals surface area (Å²) >= 11 is 0. The van der Waals surface area contributed by atoms with Gasteiger partial charge >= 0.3 is 5.97 Å². The lowest BCUT2D eigenvalue weighted by molar-refractivity contribution is -0.143. The second-order valence-electron chi connectivity index (χ2n) is 22.1. The van der Waals surface area contributed by atoms with E-state index in [1.165, 1.54) is 276 Å². The zero-order valence-electron chi connectivity index (χ0n) is 48.4. The smallest absolute Gasteiger partial charge is 0.305 e. The van der Waals surface area contributed by atoms with Crippen molar-refractivity contribution >= 4 is 11.9 Å². The first-order valence-electron chi connectivity index (χ1n) is 32.3. The molecule has 0 fully saturated rings. The molecule has 0 spiro atoms. The van der Waals surface area contributed by atoms with Crippen LogP contribution in [0.1, 0.15) is 348 Å². The molecule has 0 saturated carbocycles. The van der Waals surface area contributed by atoms with Crippen LogP contribution in [0.4, 0.5) is 0 Å². The Morgan fingerprint density at radius 3 is 1.06 bits per heavy atom. The standard InChI is InChI=1S/C66H125NO5/c1-3-5-7-9-11-13-15-16-17-18-26-29-32-35-39-42-46-50-54-58-64(69)63(62-68)67-65(70)59-55-51-47-43-40-36-33-30-27-24-22-20-19-21-23-25-28-31-34-37-41-45-49-53-57-61-72-66(71)60-56-52-48-44-38-14-12-10-8-6-4-2/h20-23,54,58,63-64,68-69H,3-19,24-53,55-57,59-62H2,1-2H3,(H,67,70)/b22-20-,23-21-,58-54+. The van der Waals surface area contributed by atoms with E-state index < -0.39 is 12.1 Å². The second-order valence-corrected chi connectivity index (χ2v) is 22.1. The summed E-state index contributed by atoms with van der Waals surface area (Å²) in [5, 5.41) is 23.2. The van der Waals surface area contributed by atoms with Gasteiger partial charge in [-0.1, -0.05) is 307 Å². The normalized spacial score (nSPS) is 12.8. The van der Waals surface area contributed by atoms with Crippen molar-refractivity contribution in [2.75, 3.05) is 13.2 Å². The number of carbonyl (C=O) groups is 2. The predicted octanol–water partition coefficient (Wildman–Crippen LogP) is 20.4. The molecule has 0 radical (unpaired) electrons. The topological polar surface area (TPSA) is 95.9 Å². The van der Waals surface area contributed by atoms with E-state index >= 15 is 0 Å². The van der Waals surface area contributed by atoms with Gasteiger partial charge in [-0.15, -0.1) is 0 Å². The van der Waals surface area contributed by atoms with E-state index in [9.17, 15) is 19.8 Å². The Morgan fingerprint density at radius 1 is 0.389 bits per heavy atom.